The first-order chi connectivity index (χ1) is 19.3. The molecule has 2 aromatic rings. The van der Waals surface area contributed by atoms with Crippen LogP contribution in [0.5, 0.6) is 0 Å². The number of nitrogens with two attached hydrogens (primary N) is 1. The van der Waals surface area contributed by atoms with E-state index in [1.54, 1.807) is 0 Å². The van der Waals surface area contributed by atoms with E-state index in [-0.39, 0.29) is 30.6 Å². The minimum absolute atomic E-state index is 0.144. The lowest BCUT2D eigenvalue weighted by Gasteiger charge is -2.44. The molecule has 1 heterocycles. The Balaban J connectivity index is 1.38. The van der Waals surface area contributed by atoms with Crippen molar-refractivity contribution < 1.29 is 41.0 Å². The number of nitrogens with zero attached hydrogens (tertiary/aromatic N) is 2. The van der Waals surface area contributed by atoms with Gasteiger partial charge in [0.1, 0.15) is 17.5 Å². The molecule has 3 fully saturated rings. The fourth-order valence-corrected chi connectivity index (χ4v) is 6.34. The Hall–Kier alpha value is -3.12. The monoisotopic (exact) mass is 581 g/mol. The number of carbonyl (C=O) groups excluding carboxylic acids is 2. The van der Waals surface area contributed by atoms with Crippen LogP contribution in [0.15, 0.2) is 24.3 Å². The fraction of sp³-hybridized carbons (Fsp3) is 0.517. The third kappa shape index (κ3) is 4.98. The number of aliphatic hydroxyl groups is 1. The summed E-state index contributed by atoms with van der Waals surface area (Å²) in [4.78, 5) is 29.1. The molecule has 4 aliphatic rings. The maximum absolute atomic E-state index is 15.0. The van der Waals surface area contributed by atoms with Crippen molar-refractivity contribution >= 4 is 17.5 Å². The SMILES string of the molecule is NC(=O)c1cc2c(c(C(F)(F)F)c1)C(O)(c1c(F)cc(F)cc1F)C(=O)N2C[C@H]1C[C@H](N(CC2CC2)CC2CC2)C1. The van der Waals surface area contributed by atoms with Gasteiger partial charge in [-0.25, -0.2) is 13.2 Å². The third-order valence-electron chi connectivity index (χ3n) is 8.83. The summed E-state index contributed by atoms with van der Waals surface area (Å²) in [5.41, 5.74) is -3.47. The molecule has 3 N–H and O–H groups in total. The van der Waals surface area contributed by atoms with Gasteiger partial charge >= 0.3 is 6.18 Å². The van der Waals surface area contributed by atoms with Crippen LogP contribution in [0.2, 0.25) is 0 Å². The molecule has 2 amide bonds. The maximum atomic E-state index is 15.0. The largest absolute Gasteiger partial charge is 0.416 e. The Bertz CT molecular complexity index is 1380. The van der Waals surface area contributed by atoms with E-state index < -0.39 is 69.0 Å². The molecule has 12 heteroatoms. The van der Waals surface area contributed by atoms with E-state index in [1.165, 1.54) is 25.7 Å². The zero-order chi connectivity index (χ0) is 29.4. The number of halogens is 6. The van der Waals surface area contributed by atoms with Gasteiger partial charge in [-0.2, -0.15) is 13.2 Å². The Morgan fingerprint density at radius 2 is 1.51 bits per heavy atom. The molecule has 0 bridgehead atoms. The number of rotatable bonds is 9. The second-order valence-corrected chi connectivity index (χ2v) is 12.0. The normalized spacial score (nSPS) is 26.0. The van der Waals surface area contributed by atoms with Gasteiger partial charge in [-0.3, -0.25) is 14.5 Å². The van der Waals surface area contributed by atoms with Crippen LogP contribution >= 0.6 is 0 Å². The first kappa shape index (κ1) is 28.0. The number of primary amides is 1. The minimum atomic E-state index is -5.25. The van der Waals surface area contributed by atoms with Crippen molar-refractivity contribution in [3.05, 3.63) is 64.0 Å². The summed E-state index contributed by atoms with van der Waals surface area (Å²) in [6.45, 7) is 1.83. The predicted octanol–water partition coefficient (Wildman–Crippen LogP) is 4.70. The Kier molecular flexibility index (Phi) is 6.64. The molecule has 0 radical (unpaired) electrons. The number of hydrogen-bond acceptors (Lipinski definition) is 4. The average Bonchev–Trinajstić information content (AvgIpc) is 3.77. The molecular weight excluding hydrogens is 552 g/mol. The highest BCUT2D eigenvalue weighted by Gasteiger charge is 2.58. The Morgan fingerprint density at radius 3 is 2.00 bits per heavy atom. The summed E-state index contributed by atoms with van der Waals surface area (Å²) >= 11 is 0. The van der Waals surface area contributed by atoms with E-state index in [0.717, 1.165) is 24.1 Å². The van der Waals surface area contributed by atoms with Crippen molar-refractivity contribution in [1.82, 2.24) is 4.90 Å². The van der Waals surface area contributed by atoms with Gasteiger partial charge in [-0.1, -0.05) is 0 Å². The van der Waals surface area contributed by atoms with Crippen LogP contribution < -0.4 is 10.6 Å². The van der Waals surface area contributed by atoms with E-state index in [0.29, 0.717) is 30.7 Å². The second kappa shape index (κ2) is 9.72. The zero-order valence-corrected chi connectivity index (χ0v) is 22.0. The van der Waals surface area contributed by atoms with Crippen LogP contribution in [0, 0.1) is 35.2 Å². The van der Waals surface area contributed by atoms with Crippen molar-refractivity contribution in [2.45, 2.75) is 56.3 Å². The highest BCUT2D eigenvalue weighted by atomic mass is 19.4. The van der Waals surface area contributed by atoms with Gasteiger partial charge in [0.15, 0.2) is 0 Å². The molecule has 1 atom stereocenters. The molecule has 0 aromatic heterocycles. The summed E-state index contributed by atoms with van der Waals surface area (Å²) in [6, 6.07) is 1.87. The van der Waals surface area contributed by atoms with E-state index in [1.807, 2.05) is 0 Å². The lowest BCUT2D eigenvalue weighted by Crippen LogP contribution is -2.51. The molecule has 3 saturated carbocycles. The molecule has 0 saturated heterocycles. The molecule has 41 heavy (non-hydrogen) atoms. The molecule has 6 rings (SSSR count). The number of hydrogen-bond donors (Lipinski definition) is 2. The molecule has 0 spiro atoms. The quantitative estimate of drug-likeness (QED) is 0.421. The summed E-state index contributed by atoms with van der Waals surface area (Å²) in [5, 5.41) is 11.6. The van der Waals surface area contributed by atoms with Crippen molar-refractivity contribution in [2.24, 2.45) is 23.5 Å². The Labute approximate surface area is 232 Å². The van der Waals surface area contributed by atoms with Crippen LogP contribution in [0.4, 0.5) is 32.0 Å². The first-order valence-electron chi connectivity index (χ1n) is 13.8. The van der Waals surface area contributed by atoms with Gasteiger partial charge < -0.3 is 15.7 Å². The van der Waals surface area contributed by atoms with Crippen molar-refractivity contribution in [2.75, 3.05) is 24.5 Å². The predicted molar refractivity (Wildman–Crippen MR) is 135 cm³/mol. The van der Waals surface area contributed by atoms with Gasteiger partial charge in [0, 0.05) is 48.9 Å². The van der Waals surface area contributed by atoms with Crippen molar-refractivity contribution in [3.63, 3.8) is 0 Å². The number of fused-ring (bicyclic) bond motifs is 1. The van der Waals surface area contributed by atoms with Gasteiger partial charge in [-0.05, 0) is 68.4 Å². The third-order valence-corrected chi connectivity index (χ3v) is 8.83. The number of alkyl halides is 3. The summed E-state index contributed by atoms with van der Waals surface area (Å²) in [5.74, 6) is -6.30. The molecule has 6 nitrogen and oxygen atoms in total. The lowest BCUT2D eigenvalue weighted by molar-refractivity contribution is -0.142. The molecule has 3 aliphatic carbocycles. The summed E-state index contributed by atoms with van der Waals surface area (Å²) in [7, 11) is 0. The van der Waals surface area contributed by atoms with Gasteiger partial charge in [0.05, 0.1) is 16.8 Å². The highest BCUT2D eigenvalue weighted by Crippen LogP contribution is 2.52. The number of amides is 2. The standard InChI is InChI=1S/C29H29F6N3O3/c30-18-9-21(31)25(22(32)10-18)28(41)24-20(29(33,34)35)7-17(26(36)39)8-23(24)38(27(28)40)13-16-5-19(6-16)37(11-14-1-2-14)12-15-3-4-15/h7-10,14-16,19,41H,1-6,11-13H2,(H2,36,39)/t16-,19-,28?. The molecule has 1 aliphatic heterocycles. The summed E-state index contributed by atoms with van der Waals surface area (Å²) < 4.78 is 86.6. The lowest BCUT2D eigenvalue weighted by atomic mass is 9.78. The zero-order valence-electron chi connectivity index (χ0n) is 22.0. The van der Waals surface area contributed by atoms with E-state index in [9.17, 15) is 41.0 Å². The first-order valence-corrected chi connectivity index (χ1v) is 13.8. The van der Waals surface area contributed by atoms with Crippen LogP contribution in [0.1, 0.15) is 65.6 Å². The average molecular weight is 582 g/mol. The van der Waals surface area contributed by atoms with Crippen LogP contribution in [0.3, 0.4) is 0 Å². The van der Waals surface area contributed by atoms with Crippen molar-refractivity contribution in [3.8, 4) is 0 Å². The Morgan fingerprint density at radius 1 is 0.951 bits per heavy atom. The molecular formula is C29H29F6N3O3. The minimum Gasteiger partial charge on any atom is -0.371 e. The highest BCUT2D eigenvalue weighted by molar-refractivity contribution is 6.11. The van der Waals surface area contributed by atoms with Gasteiger partial charge in [0.25, 0.3) is 5.91 Å². The number of benzene rings is 2. The number of carbonyl (C=O) groups is 2. The smallest absolute Gasteiger partial charge is 0.371 e. The van der Waals surface area contributed by atoms with Gasteiger partial charge in [0.2, 0.25) is 11.5 Å². The number of anilines is 1. The van der Waals surface area contributed by atoms with Crippen LogP contribution in [0.25, 0.3) is 0 Å². The van der Waals surface area contributed by atoms with E-state index in [4.69, 9.17) is 5.73 Å². The fourth-order valence-electron chi connectivity index (χ4n) is 6.34. The molecule has 2 aromatic carbocycles. The van der Waals surface area contributed by atoms with Crippen molar-refractivity contribution in [1.29, 1.82) is 0 Å². The van der Waals surface area contributed by atoms with Crippen LogP contribution in [-0.2, 0) is 16.6 Å². The van der Waals surface area contributed by atoms with E-state index in [2.05, 4.69) is 4.90 Å². The summed E-state index contributed by atoms with van der Waals surface area (Å²) in [6.07, 6.45) is 0.811. The van der Waals surface area contributed by atoms with E-state index >= 15 is 0 Å². The molecule has 220 valence electrons. The molecule has 1 unspecified atom stereocenters. The maximum Gasteiger partial charge on any atom is 0.416 e. The topological polar surface area (TPSA) is 86.9 Å². The van der Waals surface area contributed by atoms with Gasteiger partial charge in [-0.15, -0.1) is 0 Å². The second-order valence-electron chi connectivity index (χ2n) is 12.0. The van der Waals surface area contributed by atoms with Crippen LogP contribution in [-0.4, -0.2) is 47.5 Å².